The van der Waals surface area contributed by atoms with Gasteiger partial charge < -0.3 is 26.2 Å². The number of thiazole rings is 1. The number of carbonyl (C=O) groups excluding carboxylic acids is 3. The summed E-state index contributed by atoms with van der Waals surface area (Å²) in [5.74, 6) is -3.60. The van der Waals surface area contributed by atoms with E-state index >= 15 is 0 Å². The van der Waals surface area contributed by atoms with Gasteiger partial charge in [0.25, 0.3) is 11.8 Å². The summed E-state index contributed by atoms with van der Waals surface area (Å²) in [4.78, 5) is 43.7. The van der Waals surface area contributed by atoms with Crippen molar-refractivity contribution in [1.29, 1.82) is 0 Å². The molecule has 1 fully saturated rings. The summed E-state index contributed by atoms with van der Waals surface area (Å²) in [5.41, 5.74) is 10.1. The van der Waals surface area contributed by atoms with Gasteiger partial charge in [-0.15, -0.1) is 11.3 Å². The van der Waals surface area contributed by atoms with Crippen molar-refractivity contribution in [2.45, 2.75) is 12.1 Å². The van der Waals surface area contributed by atoms with Gasteiger partial charge in [-0.1, -0.05) is 5.16 Å². The zero-order valence-electron chi connectivity index (χ0n) is 13.4. The summed E-state index contributed by atoms with van der Waals surface area (Å²) in [5, 5.41) is 7.04. The molecule has 0 bridgehead atoms. The van der Waals surface area contributed by atoms with E-state index in [1.807, 2.05) is 0 Å². The molecule has 0 saturated carbocycles. The number of nitrogens with zero attached hydrogens (tertiary/aromatic N) is 3. The molecule has 0 radical (unpaired) electrons. The summed E-state index contributed by atoms with van der Waals surface area (Å²) in [6.07, 6.45) is 0. The third-order valence-electron chi connectivity index (χ3n) is 3.03. The fourth-order valence-corrected chi connectivity index (χ4v) is 3.42. The fourth-order valence-electron chi connectivity index (χ4n) is 2.03. The summed E-state index contributed by atoms with van der Waals surface area (Å²) in [6.45, 7) is 0. The average molecular weight is 414 g/mol. The van der Waals surface area contributed by atoms with Gasteiger partial charge >= 0.3 is 29.6 Å². The van der Waals surface area contributed by atoms with Crippen LogP contribution in [0, 0.1) is 0 Å². The van der Waals surface area contributed by atoms with Crippen molar-refractivity contribution in [2.24, 2.45) is 10.9 Å². The van der Waals surface area contributed by atoms with E-state index in [2.05, 4.69) is 20.3 Å². The van der Waals surface area contributed by atoms with Crippen molar-refractivity contribution < 1.29 is 61.7 Å². The van der Waals surface area contributed by atoms with Crippen LogP contribution < -0.4 is 46.3 Å². The van der Waals surface area contributed by atoms with Gasteiger partial charge in [-0.3, -0.25) is 14.4 Å². The first kappa shape index (κ1) is 22.3. The van der Waals surface area contributed by atoms with Crippen LogP contribution in [0.1, 0.15) is 5.69 Å². The van der Waals surface area contributed by atoms with Gasteiger partial charge in [0.05, 0.1) is 0 Å². The summed E-state index contributed by atoms with van der Waals surface area (Å²) >= 11 is 1.00. The van der Waals surface area contributed by atoms with Gasteiger partial charge in [0.2, 0.25) is 5.91 Å². The van der Waals surface area contributed by atoms with E-state index in [0.717, 1.165) is 18.4 Å². The molecule has 2 atom stereocenters. The number of hydrogen-bond acceptors (Lipinski definition) is 11. The molecular weight excluding hydrogens is 403 g/mol. The second-order valence-electron chi connectivity index (χ2n) is 4.58. The van der Waals surface area contributed by atoms with Crippen LogP contribution >= 0.6 is 11.3 Å². The van der Waals surface area contributed by atoms with Crippen LogP contribution in [0.3, 0.4) is 0 Å². The van der Waals surface area contributed by atoms with Crippen LogP contribution in [0.5, 0.6) is 0 Å². The van der Waals surface area contributed by atoms with Crippen LogP contribution in [0.2, 0.25) is 0 Å². The number of aromatic nitrogens is 1. The van der Waals surface area contributed by atoms with Crippen LogP contribution in [0.4, 0.5) is 5.13 Å². The minimum Gasteiger partial charge on any atom is -0.731 e. The van der Waals surface area contributed by atoms with E-state index in [4.69, 9.17) is 11.5 Å². The Morgan fingerprint density at radius 2 is 2.12 bits per heavy atom. The molecule has 0 unspecified atom stereocenters. The summed E-state index contributed by atoms with van der Waals surface area (Å²) < 4.78 is 32.7. The number of amides is 3. The molecule has 0 aromatic carbocycles. The van der Waals surface area contributed by atoms with Crippen LogP contribution in [0.25, 0.3) is 0 Å². The van der Waals surface area contributed by atoms with Crippen molar-refractivity contribution in [3.63, 3.8) is 0 Å². The Kier molecular flexibility index (Phi) is 7.09. The van der Waals surface area contributed by atoms with Crippen LogP contribution in [0.15, 0.2) is 10.5 Å². The molecule has 5 N–H and O–H groups in total. The Balaban J connectivity index is 0.00000338. The Morgan fingerprint density at radius 1 is 1.50 bits per heavy atom. The van der Waals surface area contributed by atoms with Crippen LogP contribution in [-0.4, -0.2) is 64.9 Å². The first-order chi connectivity index (χ1) is 11.6. The largest absolute Gasteiger partial charge is 1.00 e. The maximum Gasteiger partial charge on any atom is 1.00 e. The van der Waals surface area contributed by atoms with Gasteiger partial charge in [-0.05, 0) is 0 Å². The Labute approximate surface area is 172 Å². The molecule has 2 rings (SSSR count). The summed E-state index contributed by atoms with van der Waals surface area (Å²) in [7, 11) is -4.11. The second kappa shape index (κ2) is 8.28. The van der Waals surface area contributed by atoms with Gasteiger partial charge in [0.1, 0.15) is 18.8 Å². The van der Waals surface area contributed by atoms with Gasteiger partial charge in [0.15, 0.2) is 27.2 Å². The number of nitrogens with one attached hydrogen (secondary N) is 1. The molecule has 1 aliphatic rings. The molecule has 0 spiro atoms. The number of nitrogen functional groups attached to an aromatic ring is 1. The van der Waals surface area contributed by atoms with E-state index in [9.17, 15) is 27.4 Å². The van der Waals surface area contributed by atoms with Crippen molar-refractivity contribution in [3.8, 4) is 0 Å². The van der Waals surface area contributed by atoms with Crippen molar-refractivity contribution in [1.82, 2.24) is 14.6 Å². The third kappa shape index (κ3) is 4.30. The van der Waals surface area contributed by atoms with Crippen molar-refractivity contribution in [3.05, 3.63) is 11.1 Å². The number of rotatable bonds is 6. The zero-order chi connectivity index (χ0) is 18.9. The predicted molar refractivity (Wildman–Crippen MR) is 81.5 cm³/mol. The van der Waals surface area contributed by atoms with E-state index in [1.165, 1.54) is 5.38 Å². The second-order valence-corrected chi connectivity index (χ2v) is 6.72. The number of primary amides is 1. The van der Waals surface area contributed by atoms with E-state index in [0.29, 0.717) is 0 Å². The standard InChI is InChI=1S/C10H12N6O7S2.Na/c1-23-15-4(3-2-24-10(12)13-3)8(18)14-5-6(7(11)17)16(9(5)19)25(20,21)22;/h2,5-6H,1H3,(H2,11,17)(H2,12,13)(H,14,18)(H,20,21,22);/q;+1/p-1/b15-4-;/t5-,6-;/m1./s1. The Morgan fingerprint density at radius 3 is 2.54 bits per heavy atom. The Bertz CT molecular complexity index is 869. The molecule has 3 amide bonds. The number of hydrogen-bond donors (Lipinski definition) is 3. The monoisotopic (exact) mass is 414 g/mol. The molecule has 1 aromatic rings. The molecule has 1 aromatic heterocycles. The SMILES string of the molecule is CO/N=C(\C(=O)N[C@H]1C(=O)N(S(=O)(=O)[O-])[C@H]1C(N)=O)c1csc(N)n1.[Na+]. The molecule has 1 saturated heterocycles. The molecule has 1 aliphatic heterocycles. The van der Waals surface area contributed by atoms with Crippen molar-refractivity contribution in [2.75, 3.05) is 12.8 Å². The molecular formula is C10H11N6NaO7S2. The van der Waals surface area contributed by atoms with Crippen molar-refractivity contribution >= 4 is 50.2 Å². The van der Waals surface area contributed by atoms with E-state index in [1.54, 1.807) is 0 Å². The molecule has 136 valence electrons. The number of anilines is 1. The van der Waals surface area contributed by atoms with Crippen LogP contribution in [-0.2, 0) is 29.5 Å². The number of β-lactam (4-membered cyclic amide) rings is 1. The smallest absolute Gasteiger partial charge is 0.731 e. The maximum atomic E-state index is 12.3. The first-order valence-electron chi connectivity index (χ1n) is 6.29. The molecule has 2 heterocycles. The minimum absolute atomic E-state index is 0. The van der Waals surface area contributed by atoms with E-state index < -0.39 is 40.1 Å². The Hall–Kier alpha value is -1.78. The quantitative estimate of drug-likeness (QED) is 0.133. The number of oxime groups is 1. The van der Waals surface area contributed by atoms with Gasteiger partial charge in [-0.2, -0.15) is 0 Å². The predicted octanol–water partition coefficient (Wildman–Crippen LogP) is -6.28. The average Bonchev–Trinajstić information content (AvgIpc) is 2.91. The van der Waals surface area contributed by atoms with Gasteiger partial charge in [0, 0.05) is 5.38 Å². The topological polar surface area (TPSA) is 210 Å². The van der Waals surface area contributed by atoms with Gasteiger partial charge in [-0.25, -0.2) is 17.7 Å². The first-order valence-corrected chi connectivity index (χ1v) is 8.54. The normalized spacial score (nSPS) is 20.0. The zero-order valence-corrected chi connectivity index (χ0v) is 17.0. The van der Waals surface area contributed by atoms with E-state index in [-0.39, 0.29) is 50.4 Å². The fraction of sp³-hybridized carbons (Fsp3) is 0.300. The molecule has 16 heteroatoms. The summed E-state index contributed by atoms with van der Waals surface area (Å²) in [6, 6.07) is -3.49. The molecule has 26 heavy (non-hydrogen) atoms. The number of carbonyl (C=O) groups is 3. The maximum absolute atomic E-state index is 12.3. The molecule has 13 nitrogen and oxygen atoms in total. The molecule has 0 aliphatic carbocycles. The third-order valence-corrected chi connectivity index (χ3v) is 4.60. The number of nitrogens with two attached hydrogens (primary N) is 2. The minimum atomic E-state index is -5.26.